The lowest BCUT2D eigenvalue weighted by molar-refractivity contribution is 0.0638. The Balaban J connectivity index is 1.35. The van der Waals surface area contributed by atoms with Crippen LogP contribution in [0.2, 0.25) is 0 Å². The zero-order chi connectivity index (χ0) is 20.9. The fraction of sp³-hybridized carbons (Fsp3) is 0.240. The van der Waals surface area contributed by atoms with Crippen molar-refractivity contribution in [2.45, 2.75) is 19.1 Å². The van der Waals surface area contributed by atoms with Crippen molar-refractivity contribution in [1.82, 2.24) is 4.90 Å². The Morgan fingerprint density at radius 1 is 1.00 bits per heavy atom. The van der Waals surface area contributed by atoms with E-state index in [0.29, 0.717) is 17.9 Å². The minimum Gasteiger partial charge on any atom is -0.491 e. The number of amides is 1. The number of nitrogens with two attached hydrogens (primary N) is 1. The first-order chi connectivity index (χ1) is 14.6. The molecular weight excluding hydrogens is 376 g/mol. The van der Waals surface area contributed by atoms with E-state index in [1.54, 1.807) is 12.1 Å². The van der Waals surface area contributed by atoms with Gasteiger partial charge < -0.3 is 15.6 Å². The molecule has 0 radical (unpaired) electrons. The van der Waals surface area contributed by atoms with Crippen LogP contribution in [-0.2, 0) is 13.0 Å². The number of ether oxygens (including phenoxy) is 1. The Morgan fingerprint density at radius 2 is 1.73 bits per heavy atom. The number of primary amides is 1. The van der Waals surface area contributed by atoms with Crippen molar-refractivity contribution in [2.75, 3.05) is 19.7 Å². The lowest BCUT2D eigenvalue weighted by Gasteiger charge is -2.30. The van der Waals surface area contributed by atoms with E-state index in [2.05, 4.69) is 29.2 Å². The number of aliphatic hydroxyl groups excluding tert-OH is 1. The summed E-state index contributed by atoms with van der Waals surface area (Å²) in [5, 5.41) is 10.5. The Kier molecular flexibility index (Phi) is 6.12. The smallest absolute Gasteiger partial charge is 0.248 e. The zero-order valence-electron chi connectivity index (χ0n) is 16.8. The molecule has 1 heterocycles. The van der Waals surface area contributed by atoms with Crippen LogP contribution in [0.3, 0.4) is 0 Å². The molecule has 4 rings (SSSR count). The van der Waals surface area contributed by atoms with Crippen molar-refractivity contribution in [3.8, 4) is 16.9 Å². The maximum absolute atomic E-state index is 11.4. The van der Waals surface area contributed by atoms with Crippen molar-refractivity contribution in [1.29, 1.82) is 0 Å². The number of hydrogen-bond acceptors (Lipinski definition) is 4. The highest BCUT2D eigenvalue weighted by Crippen LogP contribution is 2.25. The summed E-state index contributed by atoms with van der Waals surface area (Å²) in [6.07, 6.45) is 0.438. The van der Waals surface area contributed by atoms with Crippen molar-refractivity contribution >= 4 is 5.91 Å². The number of nitrogens with zero attached hydrogens (tertiary/aromatic N) is 1. The minimum absolute atomic E-state index is 0.225. The van der Waals surface area contributed by atoms with Gasteiger partial charge in [-0.05, 0) is 52.9 Å². The van der Waals surface area contributed by atoms with E-state index in [9.17, 15) is 9.90 Å². The quantitative estimate of drug-likeness (QED) is 0.636. The van der Waals surface area contributed by atoms with Gasteiger partial charge in [0.25, 0.3) is 0 Å². The molecule has 1 atom stereocenters. The molecule has 0 saturated heterocycles. The van der Waals surface area contributed by atoms with Crippen LogP contribution in [-0.4, -0.2) is 41.7 Å². The largest absolute Gasteiger partial charge is 0.491 e. The molecule has 1 unspecified atom stereocenters. The Morgan fingerprint density at radius 3 is 2.53 bits per heavy atom. The molecule has 154 valence electrons. The number of hydrogen-bond donors (Lipinski definition) is 2. The summed E-state index contributed by atoms with van der Waals surface area (Å²) in [6, 6.07) is 23.3. The standard InChI is InChI=1S/C25H26N2O3/c26-25(29)21-9-3-7-19(13-21)20-8-4-10-24(14-20)30-17-23(28)16-27-12-11-18-5-1-2-6-22(18)15-27/h1-10,13-14,23,28H,11-12,15-17H2,(H2,26,29). The topological polar surface area (TPSA) is 75.8 Å². The highest BCUT2D eigenvalue weighted by Gasteiger charge is 2.18. The minimum atomic E-state index is -0.572. The molecule has 3 aromatic rings. The zero-order valence-corrected chi connectivity index (χ0v) is 16.8. The summed E-state index contributed by atoms with van der Waals surface area (Å²) in [5.74, 6) is 0.229. The molecule has 0 bridgehead atoms. The van der Waals surface area contributed by atoms with E-state index in [4.69, 9.17) is 10.5 Å². The predicted octanol–water partition coefficient (Wildman–Crippen LogP) is 3.25. The maximum atomic E-state index is 11.4. The first-order valence-corrected chi connectivity index (χ1v) is 10.2. The van der Waals surface area contributed by atoms with Crippen LogP contribution in [0.1, 0.15) is 21.5 Å². The predicted molar refractivity (Wildman–Crippen MR) is 117 cm³/mol. The number of aliphatic hydroxyl groups is 1. The van der Waals surface area contributed by atoms with E-state index in [1.807, 2.05) is 36.4 Å². The Hall–Kier alpha value is -3.15. The van der Waals surface area contributed by atoms with Gasteiger partial charge >= 0.3 is 0 Å². The second-order valence-corrected chi connectivity index (χ2v) is 7.69. The SMILES string of the molecule is NC(=O)c1cccc(-c2cccc(OCC(O)CN3CCc4ccccc4C3)c2)c1. The molecule has 3 N–H and O–H groups in total. The molecule has 30 heavy (non-hydrogen) atoms. The number of fused-ring (bicyclic) bond motifs is 1. The first kappa shape index (κ1) is 20.1. The number of carbonyl (C=O) groups is 1. The average Bonchev–Trinajstić information content (AvgIpc) is 2.78. The van der Waals surface area contributed by atoms with Gasteiger partial charge in [-0.3, -0.25) is 9.69 Å². The number of benzene rings is 3. The molecule has 5 nitrogen and oxygen atoms in total. The molecule has 0 saturated carbocycles. The highest BCUT2D eigenvalue weighted by atomic mass is 16.5. The monoisotopic (exact) mass is 402 g/mol. The van der Waals surface area contributed by atoms with Gasteiger partial charge in [-0.15, -0.1) is 0 Å². The first-order valence-electron chi connectivity index (χ1n) is 10.2. The molecule has 3 aromatic carbocycles. The van der Waals surface area contributed by atoms with Crippen LogP contribution in [0.15, 0.2) is 72.8 Å². The van der Waals surface area contributed by atoms with Gasteiger partial charge in [0.05, 0.1) is 0 Å². The summed E-state index contributed by atoms with van der Waals surface area (Å²) >= 11 is 0. The van der Waals surface area contributed by atoms with Gasteiger partial charge in [0.15, 0.2) is 0 Å². The van der Waals surface area contributed by atoms with Crippen molar-refractivity contribution in [3.63, 3.8) is 0 Å². The van der Waals surface area contributed by atoms with Crippen molar-refractivity contribution < 1.29 is 14.6 Å². The molecule has 1 aliphatic heterocycles. The van der Waals surface area contributed by atoms with E-state index in [1.165, 1.54) is 11.1 Å². The molecule has 0 spiro atoms. The third-order valence-corrected chi connectivity index (χ3v) is 5.44. The third-order valence-electron chi connectivity index (χ3n) is 5.44. The van der Waals surface area contributed by atoms with Crippen molar-refractivity contribution in [2.24, 2.45) is 5.73 Å². The lowest BCUT2D eigenvalue weighted by Crippen LogP contribution is -2.38. The van der Waals surface area contributed by atoms with Gasteiger partial charge in [0.2, 0.25) is 5.91 Å². The molecule has 0 fully saturated rings. The number of rotatable bonds is 7. The van der Waals surface area contributed by atoms with E-state index < -0.39 is 12.0 Å². The molecule has 1 aliphatic rings. The molecule has 5 heteroatoms. The van der Waals surface area contributed by atoms with Crippen LogP contribution in [0, 0.1) is 0 Å². The van der Waals surface area contributed by atoms with E-state index in [-0.39, 0.29) is 6.61 Å². The van der Waals surface area contributed by atoms with Crippen molar-refractivity contribution in [3.05, 3.63) is 89.5 Å². The van der Waals surface area contributed by atoms with Gasteiger partial charge in [-0.1, -0.05) is 48.5 Å². The van der Waals surface area contributed by atoms with Crippen LogP contribution >= 0.6 is 0 Å². The van der Waals surface area contributed by atoms with Crippen LogP contribution in [0.5, 0.6) is 5.75 Å². The summed E-state index contributed by atoms with van der Waals surface area (Å²) in [7, 11) is 0. The summed E-state index contributed by atoms with van der Waals surface area (Å²) in [6.45, 7) is 2.61. The normalized spacial score (nSPS) is 14.7. The molecule has 0 aromatic heterocycles. The number of carbonyl (C=O) groups excluding carboxylic acids is 1. The summed E-state index contributed by atoms with van der Waals surface area (Å²) < 4.78 is 5.85. The number of β-amino-alcohol motifs (C(OH)–C–C–N with tert-alkyl or cyclic N) is 1. The maximum Gasteiger partial charge on any atom is 0.248 e. The lowest BCUT2D eigenvalue weighted by atomic mass is 10.00. The third kappa shape index (κ3) is 4.87. The van der Waals surface area contributed by atoms with Gasteiger partial charge in [0, 0.05) is 25.2 Å². The van der Waals surface area contributed by atoms with Gasteiger partial charge in [0.1, 0.15) is 18.5 Å². The second-order valence-electron chi connectivity index (χ2n) is 7.69. The van der Waals surface area contributed by atoms with Crippen LogP contribution < -0.4 is 10.5 Å². The molecule has 0 aliphatic carbocycles. The summed E-state index contributed by atoms with van der Waals surface area (Å²) in [5.41, 5.74) is 10.4. The van der Waals surface area contributed by atoms with E-state index >= 15 is 0 Å². The highest BCUT2D eigenvalue weighted by molar-refractivity contribution is 5.94. The van der Waals surface area contributed by atoms with E-state index in [0.717, 1.165) is 30.6 Å². The fourth-order valence-electron chi connectivity index (χ4n) is 3.87. The van der Waals surface area contributed by atoms with Gasteiger partial charge in [-0.25, -0.2) is 0 Å². The van der Waals surface area contributed by atoms with Crippen LogP contribution in [0.25, 0.3) is 11.1 Å². The average molecular weight is 402 g/mol. The summed E-state index contributed by atoms with van der Waals surface area (Å²) in [4.78, 5) is 13.7. The van der Waals surface area contributed by atoms with Gasteiger partial charge in [-0.2, -0.15) is 0 Å². The fourth-order valence-corrected chi connectivity index (χ4v) is 3.87. The molecule has 1 amide bonds. The molecular formula is C25H26N2O3. The van der Waals surface area contributed by atoms with Crippen LogP contribution in [0.4, 0.5) is 0 Å². The second kappa shape index (κ2) is 9.11. The Labute approximate surface area is 176 Å². The Bertz CT molecular complexity index is 1030.